The van der Waals surface area contributed by atoms with Crippen LogP contribution in [0.5, 0.6) is 0 Å². The lowest BCUT2D eigenvalue weighted by atomic mass is 10.2. The smallest absolute Gasteiger partial charge is 0.426 e. The number of aromatic nitrogens is 4. The number of hydrogen-bond acceptors (Lipinski definition) is 12. The van der Waals surface area contributed by atoms with E-state index in [0.29, 0.717) is 0 Å². The van der Waals surface area contributed by atoms with Crippen LogP contribution < -0.4 is 32.3 Å². The lowest BCUT2D eigenvalue weighted by molar-refractivity contribution is -0.137. The Morgan fingerprint density at radius 1 is 0.679 bits per heavy atom. The Labute approximate surface area is 301 Å². The molecule has 274 valence electrons. The molecule has 5 rings (SSSR count). The van der Waals surface area contributed by atoms with Gasteiger partial charge in [0.05, 0.1) is 12.9 Å². The van der Waals surface area contributed by atoms with Crippen molar-refractivity contribution in [1.82, 2.24) is 41.2 Å². The van der Waals surface area contributed by atoms with Crippen molar-refractivity contribution in [3.63, 3.8) is 0 Å². The van der Waals surface area contributed by atoms with Gasteiger partial charge in [0.15, 0.2) is 17.0 Å². The number of hydrogen-bond donors (Lipinski definition) is 7. The molecular formula is C34H35N11O8. The number of carbonyl (C=O) groups is 4. The Bertz CT molecular complexity index is 1950. The molecule has 0 radical (unpaired) electrons. The molecule has 7 N–H and O–H groups in total. The summed E-state index contributed by atoms with van der Waals surface area (Å²) in [6.45, 7) is -0.327. The maximum absolute atomic E-state index is 12.7. The number of imidazole rings is 1. The average molecular weight is 726 g/mol. The van der Waals surface area contributed by atoms with Gasteiger partial charge in [-0.1, -0.05) is 91.0 Å². The second-order valence-corrected chi connectivity index (χ2v) is 10.8. The van der Waals surface area contributed by atoms with Crippen LogP contribution in [-0.2, 0) is 45.4 Å². The fourth-order valence-corrected chi connectivity index (χ4v) is 4.41. The number of ether oxygens (including phenoxy) is 3. The molecule has 0 spiro atoms. The van der Waals surface area contributed by atoms with E-state index in [0.717, 1.165) is 16.7 Å². The fraction of sp³-hybridized carbons (Fsp3) is 0.176. The predicted molar refractivity (Wildman–Crippen MR) is 190 cm³/mol. The van der Waals surface area contributed by atoms with Crippen molar-refractivity contribution in [3.8, 4) is 0 Å². The van der Waals surface area contributed by atoms with Crippen molar-refractivity contribution in [3.05, 3.63) is 114 Å². The first-order valence-electron chi connectivity index (χ1n) is 16.0. The highest BCUT2D eigenvalue weighted by Crippen LogP contribution is 2.21. The van der Waals surface area contributed by atoms with Crippen LogP contribution in [0.15, 0.2) is 102 Å². The van der Waals surface area contributed by atoms with Crippen molar-refractivity contribution in [2.24, 2.45) is 4.99 Å². The number of carboxylic acids is 1. The third kappa shape index (κ3) is 12.1. The van der Waals surface area contributed by atoms with Gasteiger partial charge in [-0.25, -0.2) is 35.2 Å². The molecule has 0 fully saturated rings. The molecule has 0 saturated heterocycles. The highest BCUT2D eigenvalue weighted by Gasteiger charge is 2.17. The number of nitrogens with zero attached hydrogens (tertiary/aromatic N) is 5. The van der Waals surface area contributed by atoms with Crippen LogP contribution in [0.1, 0.15) is 16.7 Å². The van der Waals surface area contributed by atoms with Crippen molar-refractivity contribution >= 4 is 53.1 Å². The summed E-state index contributed by atoms with van der Waals surface area (Å²) in [4.78, 5) is 66.0. The molecule has 0 unspecified atom stereocenters. The molecule has 3 amide bonds. The highest BCUT2D eigenvalue weighted by atomic mass is 16.6. The molecule has 0 atom stereocenters. The number of fused-ring (bicyclic) bond motifs is 1. The zero-order valence-electron chi connectivity index (χ0n) is 28.0. The monoisotopic (exact) mass is 725 g/mol. The van der Waals surface area contributed by atoms with Crippen LogP contribution >= 0.6 is 0 Å². The molecule has 0 bridgehead atoms. The summed E-state index contributed by atoms with van der Waals surface area (Å²) >= 11 is 0. The summed E-state index contributed by atoms with van der Waals surface area (Å²) < 4.78 is 17.0. The Kier molecular flexibility index (Phi) is 13.3. The van der Waals surface area contributed by atoms with Crippen LogP contribution in [0.4, 0.5) is 26.1 Å². The normalized spacial score (nSPS) is 10.3. The number of benzene rings is 3. The van der Waals surface area contributed by atoms with E-state index in [1.807, 2.05) is 54.6 Å². The Hall–Kier alpha value is -7.44. The van der Waals surface area contributed by atoms with Gasteiger partial charge in [0.25, 0.3) is 0 Å². The second kappa shape index (κ2) is 19.1. The first-order chi connectivity index (χ1) is 25.8. The second-order valence-electron chi connectivity index (χ2n) is 10.8. The molecule has 19 heteroatoms. The Morgan fingerprint density at radius 2 is 1.19 bits per heavy atom. The van der Waals surface area contributed by atoms with Crippen molar-refractivity contribution < 1.29 is 38.5 Å². The summed E-state index contributed by atoms with van der Waals surface area (Å²) in [5.41, 5.74) is 12.3. The van der Waals surface area contributed by atoms with Crippen LogP contribution in [0.2, 0.25) is 0 Å². The van der Waals surface area contributed by atoms with E-state index in [2.05, 4.69) is 52.3 Å². The number of aliphatic carboxylic acids is 1. The predicted octanol–water partition coefficient (Wildman–Crippen LogP) is 3.29. The van der Waals surface area contributed by atoms with E-state index in [1.54, 1.807) is 36.4 Å². The highest BCUT2D eigenvalue weighted by molar-refractivity contribution is 5.94. The minimum atomic E-state index is -1.13. The van der Waals surface area contributed by atoms with E-state index in [4.69, 9.17) is 14.2 Å². The summed E-state index contributed by atoms with van der Waals surface area (Å²) in [5, 5.41) is 14.9. The van der Waals surface area contributed by atoms with Crippen LogP contribution in [0, 0.1) is 0 Å². The van der Waals surface area contributed by atoms with Gasteiger partial charge in [-0.2, -0.15) is 9.97 Å². The molecule has 2 aromatic heterocycles. The van der Waals surface area contributed by atoms with Crippen LogP contribution in [0.25, 0.3) is 11.2 Å². The number of nitrogens with one attached hydrogen (secondary N) is 6. The average Bonchev–Trinajstić information content (AvgIpc) is 3.57. The zero-order chi connectivity index (χ0) is 37.3. The Balaban J connectivity index is 1.22. The molecule has 0 aliphatic heterocycles. The molecule has 0 aliphatic rings. The molecular weight excluding hydrogens is 690 g/mol. The van der Waals surface area contributed by atoms with Gasteiger partial charge in [0.2, 0.25) is 11.9 Å². The van der Waals surface area contributed by atoms with Crippen molar-refractivity contribution in [2.75, 3.05) is 23.7 Å². The first-order valence-corrected chi connectivity index (χ1v) is 16.0. The first kappa shape index (κ1) is 36.8. The quantitative estimate of drug-likeness (QED) is 0.0303. The third-order valence-corrected chi connectivity index (χ3v) is 6.86. The molecule has 0 saturated carbocycles. The van der Waals surface area contributed by atoms with Gasteiger partial charge >= 0.3 is 24.2 Å². The molecule has 53 heavy (non-hydrogen) atoms. The summed E-state index contributed by atoms with van der Waals surface area (Å²) in [6, 6.07) is 27.2. The van der Waals surface area contributed by atoms with Crippen LogP contribution in [-0.4, -0.2) is 67.9 Å². The minimum absolute atomic E-state index is 0.00107. The number of amides is 3. The maximum atomic E-state index is 12.7. The fourth-order valence-electron chi connectivity index (χ4n) is 4.41. The van der Waals surface area contributed by atoms with Crippen molar-refractivity contribution in [2.45, 2.75) is 26.4 Å². The topological polar surface area (TPSA) is 244 Å². The summed E-state index contributed by atoms with van der Waals surface area (Å²) in [5.74, 6) is -1.25. The lowest BCUT2D eigenvalue weighted by Crippen LogP contribution is -2.53. The van der Waals surface area contributed by atoms with Gasteiger partial charge in [-0.3, -0.25) is 21.0 Å². The minimum Gasteiger partial charge on any atom is -0.480 e. The molecule has 19 nitrogen and oxygen atoms in total. The summed E-state index contributed by atoms with van der Waals surface area (Å²) in [6.07, 6.45) is -1.20. The van der Waals surface area contributed by atoms with E-state index < -0.39 is 30.8 Å². The maximum Gasteiger partial charge on any atom is 0.426 e. The molecule has 2 heterocycles. The number of aliphatic imine (C=N–C) groups is 1. The van der Waals surface area contributed by atoms with Gasteiger partial charge in [-0.05, 0) is 16.7 Å². The summed E-state index contributed by atoms with van der Waals surface area (Å²) in [7, 11) is 0. The zero-order valence-corrected chi connectivity index (χ0v) is 28.0. The van der Waals surface area contributed by atoms with E-state index >= 15 is 0 Å². The number of anilines is 2. The molecule has 0 aliphatic carbocycles. The standard InChI is InChI=1S/C34H35N11O8/c46-26(47)18-45-22-37-27-28(39-32(48)51-19-23-10-4-1-5-11-23)38-30(40-29(27)45)35-16-17-36-31(41-43-33(49)52-20-24-12-6-2-7-13-24)42-44-34(50)53-21-25-14-8-3-9-15-25/h1-15,22H,16-21H2,(H,43,49)(H,44,50)(H,46,47)(H2,36,41,42)(H2,35,38,39,40,48). The van der Waals surface area contributed by atoms with Gasteiger partial charge < -0.3 is 29.2 Å². The number of carbonyl (C=O) groups excluding carboxylic acids is 3. The van der Waals surface area contributed by atoms with Crippen molar-refractivity contribution in [1.29, 1.82) is 0 Å². The van der Waals surface area contributed by atoms with Crippen LogP contribution in [0.3, 0.4) is 0 Å². The third-order valence-electron chi connectivity index (χ3n) is 6.86. The van der Waals surface area contributed by atoms with E-state index in [-0.39, 0.29) is 61.8 Å². The number of hydrazine groups is 2. The lowest BCUT2D eigenvalue weighted by Gasteiger charge is -2.14. The van der Waals surface area contributed by atoms with Gasteiger partial charge in [-0.15, -0.1) is 0 Å². The van der Waals surface area contributed by atoms with Gasteiger partial charge in [0, 0.05) is 6.54 Å². The largest absolute Gasteiger partial charge is 0.480 e. The van der Waals surface area contributed by atoms with Gasteiger partial charge in [0.1, 0.15) is 26.4 Å². The molecule has 5 aromatic rings. The SMILES string of the molecule is O=C(O)Cn1cnc2c(NC(=O)OCc3ccccc3)nc(NCCN=C(NNC(=O)OCc3ccccc3)NNC(=O)OCc3ccccc3)nc21. The van der Waals surface area contributed by atoms with E-state index in [1.165, 1.54) is 10.9 Å². The number of guanidine groups is 1. The Morgan fingerprint density at radius 3 is 1.70 bits per heavy atom. The number of rotatable bonds is 13. The van der Waals surface area contributed by atoms with E-state index in [9.17, 15) is 24.3 Å². The number of carboxylic acid groups (broad SMARTS) is 1. The molecule has 3 aromatic carbocycles.